The van der Waals surface area contributed by atoms with Crippen molar-refractivity contribution in [2.24, 2.45) is 0 Å². The summed E-state index contributed by atoms with van der Waals surface area (Å²) in [5.41, 5.74) is 0.832. The van der Waals surface area contributed by atoms with Crippen molar-refractivity contribution in [3.8, 4) is 11.5 Å². The molecule has 0 atom stereocenters. The first kappa shape index (κ1) is 8.99. The van der Waals surface area contributed by atoms with Crippen molar-refractivity contribution in [3.63, 3.8) is 0 Å². The van der Waals surface area contributed by atoms with Gasteiger partial charge in [-0.25, -0.2) is 0 Å². The van der Waals surface area contributed by atoms with Crippen LogP contribution < -0.4 is 0 Å². The first-order chi connectivity index (χ1) is 6.29. The van der Waals surface area contributed by atoms with E-state index in [4.69, 9.17) is 27.7 Å². The lowest BCUT2D eigenvalue weighted by Crippen LogP contribution is -1.78. The maximum Gasteiger partial charge on any atom is 0.258 e. The molecule has 13 heavy (non-hydrogen) atoms. The Balaban J connectivity index is 2.35. The minimum atomic E-state index is 0.251. The van der Waals surface area contributed by atoms with Crippen molar-refractivity contribution in [2.45, 2.75) is 5.88 Å². The van der Waals surface area contributed by atoms with E-state index in [1.165, 1.54) is 11.3 Å². The van der Waals surface area contributed by atoms with Gasteiger partial charge in [-0.3, -0.25) is 0 Å². The molecular formula is C7H4Cl2N2OS. The first-order valence-corrected chi connectivity index (χ1v) is 5.22. The molecule has 0 saturated heterocycles. The molecule has 0 aliphatic heterocycles. The number of thiophene rings is 1. The summed E-state index contributed by atoms with van der Waals surface area (Å²) < 4.78 is 5.65. The number of rotatable bonds is 2. The summed E-state index contributed by atoms with van der Waals surface area (Å²) >= 11 is 12.7. The van der Waals surface area contributed by atoms with Gasteiger partial charge in [-0.15, -0.1) is 22.9 Å². The highest BCUT2D eigenvalue weighted by Gasteiger charge is 2.09. The number of alkyl halides is 1. The second-order valence-electron chi connectivity index (χ2n) is 2.29. The van der Waals surface area contributed by atoms with Gasteiger partial charge in [0.05, 0.1) is 15.8 Å². The summed E-state index contributed by atoms with van der Waals surface area (Å²) in [5, 5.41) is 5.52. The summed E-state index contributed by atoms with van der Waals surface area (Å²) in [6.45, 7) is 0. The van der Waals surface area contributed by atoms with Crippen LogP contribution in [0.1, 0.15) is 5.82 Å². The van der Waals surface area contributed by atoms with Crippen LogP contribution in [0.2, 0.25) is 4.34 Å². The highest BCUT2D eigenvalue weighted by molar-refractivity contribution is 7.14. The van der Waals surface area contributed by atoms with E-state index in [1.807, 2.05) is 5.38 Å². The highest BCUT2D eigenvalue weighted by Crippen LogP contribution is 2.27. The minimum Gasteiger partial charge on any atom is -0.334 e. The average Bonchev–Trinajstić information content (AvgIpc) is 2.71. The Bertz CT molecular complexity index is 412. The molecule has 2 heterocycles. The van der Waals surface area contributed by atoms with E-state index < -0.39 is 0 Å². The lowest BCUT2D eigenvalue weighted by Gasteiger charge is -1.82. The van der Waals surface area contributed by atoms with Crippen LogP contribution in [0.25, 0.3) is 11.5 Å². The van der Waals surface area contributed by atoms with Gasteiger partial charge in [0.15, 0.2) is 5.82 Å². The molecule has 0 aromatic carbocycles. The van der Waals surface area contributed by atoms with E-state index in [9.17, 15) is 0 Å². The summed E-state index contributed by atoms with van der Waals surface area (Å²) in [6.07, 6.45) is 0. The zero-order chi connectivity index (χ0) is 9.26. The monoisotopic (exact) mass is 234 g/mol. The second kappa shape index (κ2) is 3.65. The highest BCUT2D eigenvalue weighted by atomic mass is 35.5. The fourth-order valence-electron chi connectivity index (χ4n) is 0.848. The molecule has 6 heteroatoms. The minimum absolute atomic E-state index is 0.251. The number of nitrogens with zero attached hydrogens (tertiary/aromatic N) is 2. The van der Waals surface area contributed by atoms with Gasteiger partial charge in [-0.2, -0.15) is 4.98 Å². The Morgan fingerprint density at radius 1 is 1.54 bits per heavy atom. The standard InChI is InChI=1S/C7H4Cl2N2OS/c8-2-6-10-7(12-11-6)4-1-5(9)13-3-4/h1,3H,2H2. The molecule has 0 amide bonds. The van der Waals surface area contributed by atoms with Crippen LogP contribution in [0.4, 0.5) is 0 Å². The Morgan fingerprint density at radius 3 is 2.92 bits per heavy atom. The molecule has 2 aromatic heterocycles. The Labute approximate surface area is 88.3 Å². The van der Waals surface area contributed by atoms with Crippen molar-refractivity contribution in [1.29, 1.82) is 0 Å². The fraction of sp³-hybridized carbons (Fsp3) is 0.143. The second-order valence-corrected chi connectivity index (χ2v) is 4.10. The zero-order valence-corrected chi connectivity index (χ0v) is 8.66. The first-order valence-electron chi connectivity index (χ1n) is 3.42. The van der Waals surface area contributed by atoms with E-state index in [-0.39, 0.29) is 5.88 Å². The maximum absolute atomic E-state index is 5.75. The van der Waals surface area contributed by atoms with Crippen LogP contribution >= 0.6 is 34.5 Å². The number of hydrogen-bond acceptors (Lipinski definition) is 4. The summed E-state index contributed by atoms with van der Waals surface area (Å²) in [7, 11) is 0. The molecule has 2 rings (SSSR count). The average molecular weight is 235 g/mol. The van der Waals surface area contributed by atoms with Gasteiger partial charge in [0, 0.05) is 5.38 Å². The van der Waals surface area contributed by atoms with Gasteiger partial charge < -0.3 is 4.52 Å². The predicted octanol–water partition coefficient (Wildman–Crippen LogP) is 3.19. The summed E-state index contributed by atoms with van der Waals surface area (Å²) in [5.74, 6) is 1.19. The van der Waals surface area contributed by atoms with Crippen molar-refractivity contribution < 1.29 is 4.52 Å². The molecule has 0 fully saturated rings. The third-order valence-corrected chi connectivity index (χ3v) is 2.73. The van der Waals surface area contributed by atoms with Gasteiger partial charge >= 0.3 is 0 Å². The quantitative estimate of drug-likeness (QED) is 0.750. The van der Waals surface area contributed by atoms with Crippen molar-refractivity contribution in [3.05, 3.63) is 21.6 Å². The summed E-state index contributed by atoms with van der Waals surface area (Å²) in [4.78, 5) is 4.05. The molecule has 3 nitrogen and oxygen atoms in total. The SMILES string of the molecule is ClCc1noc(-c2csc(Cl)c2)n1. The number of halogens is 2. The molecule has 0 saturated carbocycles. The van der Waals surface area contributed by atoms with Crippen molar-refractivity contribution >= 4 is 34.5 Å². The van der Waals surface area contributed by atoms with E-state index in [0.29, 0.717) is 16.1 Å². The molecule has 0 aliphatic rings. The molecule has 0 spiro atoms. The predicted molar refractivity (Wildman–Crippen MR) is 52.2 cm³/mol. The van der Waals surface area contributed by atoms with Crippen LogP contribution in [0.5, 0.6) is 0 Å². The lowest BCUT2D eigenvalue weighted by atomic mass is 10.3. The molecular weight excluding hydrogens is 231 g/mol. The molecule has 0 radical (unpaired) electrons. The smallest absolute Gasteiger partial charge is 0.258 e. The largest absolute Gasteiger partial charge is 0.334 e. The van der Waals surface area contributed by atoms with Crippen LogP contribution in [0.15, 0.2) is 16.0 Å². The Hall–Kier alpha value is -0.580. The van der Waals surface area contributed by atoms with Gasteiger partial charge in [0.25, 0.3) is 5.89 Å². The maximum atomic E-state index is 5.75. The lowest BCUT2D eigenvalue weighted by molar-refractivity contribution is 0.425. The molecule has 0 bridgehead atoms. The van der Waals surface area contributed by atoms with E-state index in [2.05, 4.69) is 10.1 Å². The number of aromatic nitrogens is 2. The van der Waals surface area contributed by atoms with Crippen LogP contribution in [-0.4, -0.2) is 10.1 Å². The van der Waals surface area contributed by atoms with Gasteiger partial charge in [0.2, 0.25) is 0 Å². The van der Waals surface area contributed by atoms with Crippen LogP contribution in [-0.2, 0) is 5.88 Å². The van der Waals surface area contributed by atoms with Gasteiger partial charge in [0.1, 0.15) is 0 Å². The fourth-order valence-corrected chi connectivity index (χ4v) is 1.81. The van der Waals surface area contributed by atoms with E-state index >= 15 is 0 Å². The molecule has 0 N–H and O–H groups in total. The van der Waals surface area contributed by atoms with Gasteiger partial charge in [-0.05, 0) is 6.07 Å². The molecule has 0 aliphatic carbocycles. The third kappa shape index (κ3) is 1.85. The van der Waals surface area contributed by atoms with Crippen molar-refractivity contribution in [2.75, 3.05) is 0 Å². The molecule has 2 aromatic rings. The third-order valence-electron chi connectivity index (χ3n) is 1.40. The zero-order valence-electron chi connectivity index (χ0n) is 6.33. The molecule has 68 valence electrons. The van der Waals surface area contributed by atoms with Crippen molar-refractivity contribution in [1.82, 2.24) is 10.1 Å². The van der Waals surface area contributed by atoms with E-state index in [0.717, 1.165) is 5.56 Å². The van der Waals surface area contributed by atoms with Crippen LogP contribution in [0.3, 0.4) is 0 Å². The number of hydrogen-bond donors (Lipinski definition) is 0. The van der Waals surface area contributed by atoms with Crippen LogP contribution in [0, 0.1) is 0 Å². The summed E-state index contributed by atoms with van der Waals surface area (Å²) in [6, 6.07) is 1.78. The Morgan fingerprint density at radius 2 is 2.38 bits per heavy atom. The Kier molecular flexibility index (Phi) is 2.53. The van der Waals surface area contributed by atoms with Gasteiger partial charge in [-0.1, -0.05) is 16.8 Å². The van der Waals surface area contributed by atoms with E-state index in [1.54, 1.807) is 6.07 Å². The topological polar surface area (TPSA) is 38.9 Å². The molecule has 0 unspecified atom stereocenters. The normalized spacial score (nSPS) is 10.6.